The summed E-state index contributed by atoms with van der Waals surface area (Å²) in [7, 11) is 0. The van der Waals surface area contributed by atoms with Crippen LogP contribution in [0.3, 0.4) is 0 Å². The Balaban J connectivity index is 2.42. The number of nitrogens with one attached hydrogen (secondary N) is 1. The van der Waals surface area contributed by atoms with Crippen LogP contribution in [0.15, 0.2) is 11.4 Å². The maximum atomic E-state index is 11.9. The Morgan fingerprint density at radius 3 is 2.67 bits per heavy atom. The Kier molecular flexibility index (Phi) is 6.11. The van der Waals surface area contributed by atoms with Crippen LogP contribution in [0, 0.1) is 6.92 Å². The van der Waals surface area contributed by atoms with E-state index in [1.165, 1.54) is 10.4 Å². The molecule has 0 spiro atoms. The van der Waals surface area contributed by atoms with E-state index in [0.29, 0.717) is 6.42 Å². The van der Waals surface area contributed by atoms with Crippen LogP contribution in [0.4, 0.5) is 13.2 Å². The Bertz CT molecular complexity index is 351. The molecule has 0 aliphatic rings. The number of rotatable bonds is 7. The van der Waals surface area contributed by atoms with Gasteiger partial charge in [-0.05, 0) is 36.9 Å². The van der Waals surface area contributed by atoms with Gasteiger partial charge in [0.15, 0.2) is 0 Å². The summed E-state index contributed by atoms with van der Waals surface area (Å²) in [6.07, 6.45) is -3.70. The van der Waals surface area contributed by atoms with Gasteiger partial charge in [0, 0.05) is 17.5 Å². The first-order chi connectivity index (χ1) is 8.44. The van der Waals surface area contributed by atoms with Gasteiger partial charge in [-0.3, -0.25) is 0 Å². The highest BCUT2D eigenvalue weighted by molar-refractivity contribution is 7.10. The quantitative estimate of drug-likeness (QED) is 0.770. The van der Waals surface area contributed by atoms with Crippen LogP contribution in [0.1, 0.15) is 29.8 Å². The highest BCUT2D eigenvalue weighted by atomic mass is 32.1. The molecule has 0 saturated heterocycles. The second-order valence-electron chi connectivity index (χ2n) is 4.03. The summed E-state index contributed by atoms with van der Waals surface area (Å²) >= 11 is 1.62. The minimum atomic E-state index is -4.24. The smallest absolute Gasteiger partial charge is 0.372 e. The predicted octanol–water partition coefficient (Wildman–Crippen LogP) is 3.68. The van der Waals surface area contributed by atoms with Gasteiger partial charge in [0.2, 0.25) is 0 Å². The molecule has 6 heteroatoms. The second kappa shape index (κ2) is 7.11. The van der Waals surface area contributed by atoms with E-state index < -0.39 is 12.8 Å². The average molecular weight is 281 g/mol. The molecule has 1 N–H and O–H groups in total. The normalized spacial score (nSPS) is 13.8. The number of hydrogen-bond acceptors (Lipinski definition) is 3. The van der Waals surface area contributed by atoms with Crippen LogP contribution >= 0.6 is 11.3 Å². The van der Waals surface area contributed by atoms with Gasteiger partial charge in [0.05, 0.1) is 0 Å². The molecule has 18 heavy (non-hydrogen) atoms. The van der Waals surface area contributed by atoms with Gasteiger partial charge in [0.25, 0.3) is 0 Å². The topological polar surface area (TPSA) is 21.3 Å². The summed E-state index contributed by atoms with van der Waals surface area (Å²) < 4.78 is 40.4. The molecule has 1 unspecified atom stereocenters. The molecule has 1 heterocycles. The summed E-state index contributed by atoms with van der Waals surface area (Å²) in [6, 6.07) is 2.09. The molecule has 0 aliphatic carbocycles. The van der Waals surface area contributed by atoms with E-state index >= 15 is 0 Å². The third-order valence-electron chi connectivity index (χ3n) is 2.49. The first-order valence-electron chi connectivity index (χ1n) is 5.86. The minimum absolute atomic E-state index is 0.0724. The maximum Gasteiger partial charge on any atom is 0.411 e. The summed E-state index contributed by atoms with van der Waals surface area (Å²) in [5, 5.41) is 5.26. The van der Waals surface area contributed by atoms with E-state index in [1.807, 2.05) is 25.3 Å². The van der Waals surface area contributed by atoms with E-state index in [9.17, 15) is 13.2 Å². The zero-order valence-electron chi connectivity index (χ0n) is 10.5. The van der Waals surface area contributed by atoms with Crippen LogP contribution in [-0.2, 0) is 4.74 Å². The van der Waals surface area contributed by atoms with Gasteiger partial charge in [-0.2, -0.15) is 13.2 Å². The standard InChI is InChI=1S/C12H18F3NOS/c1-3-16-10(11-9(2)5-7-18-11)4-6-17-8-12(13,14)15/h5,7,10,16H,3-4,6,8H2,1-2H3. The largest absolute Gasteiger partial charge is 0.411 e. The molecule has 0 fully saturated rings. The molecule has 0 aliphatic heterocycles. The van der Waals surface area contributed by atoms with E-state index in [2.05, 4.69) is 10.1 Å². The lowest BCUT2D eigenvalue weighted by atomic mass is 10.1. The van der Waals surface area contributed by atoms with Crippen molar-refractivity contribution in [3.8, 4) is 0 Å². The summed E-state index contributed by atoms with van der Waals surface area (Å²) in [4.78, 5) is 1.17. The zero-order chi connectivity index (χ0) is 13.6. The number of aryl methyl sites for hydroxylation is 1. The highest BCUT2D eigenvalue weighted by Gasteiger charge is 2.27. The fourth-order valence-electron chi connectivity index (χ4n) is 1.70. The molecule has 0 amide bonds. The van der Waals surface area contributed by atoms with Crippen molar-refractivity contribution in [3.05, 3.63) is 21.9 Å². The molecule has 1 rings (SSSR count). The number of hydrogen-bond donors (Lipinski definition) is 1. The first-order valence-corrected chi connectivity index (χ1v) is 6.74. The van der Waals surface area contributed by atoms with Crippen molar-refractivity contribution in [2.75, 3.05) is 19.8 Å². The van der Waals surface area contributed by atoms with Gasteiger partial charge in [-0.15, -0.1) is 11.3 Å². The SMILES string of the molecule is CCNC(CCOCC(F)(F)F)c1sccc1C. The highest BCUT2D eigenvalue weighted by Crippen LogP contribution is 2.26. The lowest BCUT2D eigenvalue weighted by Crippen LogP contribution is -2.24. The molecule has 2 nitrogen and oxygen atoms in total. The van der Waals surface area contributed by atoms with Crippen LogP contribution in [0.2, 0.25) is 0 Å². The lowest BCUT2D eigenvalue weighted by Gasteiger charge is -2.18. The summed E-state index contributed by atoms with van der Waals surface area (Å²) in [5.41, 5.74) is 1.17. The number of alkyl halides is 3. The van der Waals surface area contributed by atoms with Crippen LogP contribution in [0.25, 0.3) is 0 Å². The van der Waals surface area contributed by atoms with Crippen LogP contribution in [-0.4, -0.2) is 25.9 Å². The van der Waals surface area contributed by atoms with Gasteiger partial charge in [-0.25, -0.2) is 0 Å². The number of ether oxygens (including phenoxy) is 1. The van der Waals surface area contributed by atoms with Crippen LogP contribution in [0.5, 0.6) is 0 Å². The fourth-order valence-corrected chi connectivity index (χ4v) is 2.74. The first kappa shape index (κ1) is 15.5. The lowest BCUT2D eigenvalue weighted by molar-refractivity contribution is -0.174. The Morgan fingerprint density at radius 1 is 1.44 bits per heavy atom. The van der Waals surface area contributed by atoms with Crippen molar-refractivity contribution < 1.29 is 17.9 Å². The monoisotopic (exact) mass is 281 g/mol. The predicted molar refractivity (Wildman–Crippen MR) is 67.0 cm³/mol. The molecule has 1 atom stereocenters. The van der Waals surface area contributed by atoms with Crippen molar-refractivity contribution >= 4 is 11.3 Å². The molecular weight excluding hydrogens is 263 g/mol. The van der Waals surface area contributed by atoms with Crippen molar-refractivity contribution in [1.82, 2.24) is 5.32 Å². The summed E-state index contributed by atoms with van der Waals surface area (Å²) in [6.45, 7) is 3.70. The number of halogens is 3. The number of thiophene rings is 1. The molecule has 0 bridgehead atoms. The third kappa shape index (κ3) is 5.37. The Hall–Kier alpha value is -0.590. The van der Waals surface area contributed by atoms with Crippen molar-refractivity contribution in [1.29, 1.82) is 0 Å². The van der Waals surface area contributed by atoms with E-state index in [4.69, 9.17) is 0 Å². The van der Waals surface area contributed by atoms with Crippen molar-refractivity contribution in [2.24, 2.45) is 0 Å². The van der Waals surface area contributed by atoms with Gasteiger partial charge in [0.1, 0.15) is 6.61 Å². The molecule has 0 radical (unpaired) electrons. The molecule has 0 saturated carbocycles. The van der Waals surface area contributed by atoms with E-state index in [-0.39, 0.29) is 12.6 Å². The molecular formula is C12H18F3NOS. The maximum absolute atomic E-state index is 11.9. The average Bonchev–Trinajstić information content (AvgIpc) is 2.68. The Labute approximate surface area is 109 Å². The minimum Gasteiger partial charge on any atom is -0.372 e. The molecule has 104 valence electrons. The molecule has 1 aromatic heterocycles. The van der Waals surface area contributed by atoms with Crippen LogP contribution < -0.4 is 5.32 Å². The van der Waals surface area contributed by atoms with Crippen molar-refractivity contribution in [2.45, 2.75) is 32.5 Å². The molecule has 0 aromatic carbocycles. The molecule has 1 aromatic rings. The van der Waals surface area contributed by atoms with Crippen molar-refractivity contribution in [3.63, 3.8) is 0 Å². The van der Waals surface area contributed by atoms with Gasteiger partial charge in [-0.1, -0.05) is 6.92 Å². The van der Waals surface area contributed by atoms with E-state index in [1.54, 1.807) is 11.3 Å². The van der Waals surface area contributed by atoms with Gasteiger partial charge < -0.3 is 10.1 Å². The second-order valence-corrected chi connectivity index (χ2v) is 4.98. The summed E-state index contributed by atoms with van der Waals surface area (Å²) in [5.74, 6) is 0. The van der Waals surface area contributed by atoms with Gasteiger partial charge >= 0.3 is 6.18 Å². The zero-order valence-corrected chi connectivity index (χ0v) is 11.3. The Morgan fingerprint density at radius 2 is 2.17 bits per heavy atom. The van der Waals surface area contributed by atoms with E-state index in [0.717, 1.165) is 6.54 Å². The third-order valence-corrected chi connectivity index (χ3v) is 3.62. The fraction of sp³-hybridized carbons (Fsp3) is 0.667.